The van der Waals surface area contributed by atoms with Gasteiger partial charge in [-0.2, -0.15) is 0 Å². The standard InChI is InChI=1S/C21H31N3O4/c1-27-18-8-7-16(23-20(26)21(14-22)9-11-28-12-10-21)13-17(18)24-19(25)15-5-3-2-4-6-15/h7-8,13,15H,2-6,9-12,14,22H2,1H3,(H,23,26)(H,24,25). The van der Waals surface area contributed by atoms with Crippen molar-refractivity contribution in [1.29, 1.82) is 0 Å². The van der Waals surface area contributed by atoms with Crippen LogP contribution in [-0.2, 0) is 14.3 Å². The van der Waals surface area contributed by atoms with Crippen molar-refractivity contribution < 1.29 is 19.1 Å². The number of hydrogen-bond acceptors (Lipinski definition) is 5. The molecule has 2 fully saturated rings. The Morgan fingerprint density at radius 2 is 1.89 bits per heavy atom. The first-order valence-corrected chi connectivity index (χ1v) is 10.2. The Labute approximate surface area is 166 Å². The van der Waals surface area contributed by atoms with Crippen molar-refractivity contribution in [3.8, 4) is 5.75 Å². The average molecular weight is 389 g/mol. The molecule has 1 aliphatic carbocycles. The van der Waals surface area contributed by atoms with Crippen LogP contribution in [0.2, 0.25) is 0 Å². The van der Waals surface area contributed by atoms with Gasteiger partial charge in [0.25, 0.3) is 0 Å². The fourth-order valence-corrected chi connectivity index (χ4v) is 4.03. The number of anilines is 2. The van der Waals surface area contributed by atoms with Crippen molar-refractivity contribution in [2.45, 2.75) is 44.9 Å². The van der Waals surface area contributed by atoms with Gasteiger partial charge < -0.3 is 25.8 Å². The van der Waals surface area contributed by atoms with Gasteiger partial charge in [-0.3, -0.25) is 9.59 Å². The van der Waals surface area contributed by atoms with E-state index < -0.39 is 5.41 Å². The number of ether oxygens (including phenoxy) is 2. The molecule has 7 nitrogen and oxygen atoms in total. The van der Waals surface area contributed by atoms with Crippen LogP contribution in [0.1, 0.15) is 44.9 Å². The molecule has 0 spiro atoms. The Morgan fingerprint density at radius 3 is 2.54 bits per heavy atom. The molecule has 2 aliphatic rings. The first kappa shape index (κ1) is 20.6. The molecule has 1 aliphatic heterocycles. The van der Waals surface area contributed by atoms with Crippen LogP contribution < -0.4 is 21.1 Å². The summed E-state index contributed by atoms with van der Waals surface area (Å²) in [5.41, 5.74) is 6.50. The first-order chi connectivity index (χ1) is 13.6. The number of amides is 2. The summed E-state index contributed by atoms with van der Waals surface area (Å²) < 4.78 is 10.8. The van der Waals surface area contributed by atoms with E-state index in [1.807, 2.05) is 0 Å². The molecule has 1 heterocycles. The minimum atomic E-state index is -0.607. The van der Waals surface area contributed by atoms with E-state index in [2.05, 4.69) is 10.6 Å². The van der Waals surface area contributed by atoms with Gasteiger partial charge in [0, 0.05) is 31.4 Å². The van der Waals surface area contributed by atoms with Crippen molar-refractivity contribution in [1.82, 2.24) is 0 Å². The molecule has 1 saturated carbocycles. The van der Waals surface area contributed by atoms with E-state index in [1.165, 1.54) is 6.42 Å². The molecule has 1 saturated heterocycles. The highest BCUT2D eigenvalue weighted by Gasteiger charge is 2.38. The molecule has 4 N–H and O–H groups in total. The van der Waals surface area contributed by atoms with Crippen LogP contribution in [-0.4, -0.2) is 38.7 Å². The van der Waals surface area contributed by atoms with Crippen LogP contribution in [0.25, 0.3) is 0 Å². The summed E-state index contributed by atoms with van der Waals surface area (Å²) >= 11 is 0. The molecule has 3 rings (SSSR count). The Balaban J connectivity index is 1.72. The van der Waals surface area contributed by atoms with Gasteiger partial charge in [0.2, 0.25) is 11.8 Å². The molecule has 0 aromatic heterocycles. The normalized spacial score (nSPS) is 19.6. The third-order valence-electron chi connectivity index (χ3n) is 6.01. The fraction of sp³-hybridized carbons (Fsp3) is 0.619. The maximum Gasteiger partial charge on any atom is 0.232 e. The zero-order valence-corrected chi connectivity index (χ0v) is 16.6. The quantitative estimate of drug-likeness (QED) is 0.694. The highest BCUT2D eigenvalue weighted by Crippen LogP contribution is 2.34. The lowest BCUT2D eigenvalue weighted by atomic mass is 9.79. The summed E-state index contributed by atoms with van der Waals surface area (Å²) in [5.74, 6) is 0.526. The van der Waals surface area contributed by atoms with Crippen LogP contribution in [0.4, 0.5) is 11.4 Å². The molecule has 28 heavy (non-hydrogen) atoms. The number of nitrogens with one attached hydrogen (secondary N) is 2. The summed E-state index contributed by atoms with van der Waals surface area (Å²) in [5, 5.41) is 5.95. The summed E-state index contributed by atoms with van der Waals surface area (Å²) in [6.45, 7) is 1.36. The minimum Gasteiger partial charge on any atom is -0.495 e. The molecule has 1 aromatic carbocycles. The summed E-state index contributed by atoms with van der Waals surface area (Å²) in [7, 11) is 1.56. The van der Waals surface area contributed by atoms with Gasteiger partial charge in [-0.1, -0.05) is 19.3 Å². The number of benzene rings is 1. The number of carbonyl (C=O) groups is 2. The topological polar surface area (TPSA) is 103 Å². The summed E-state index contributed by atoms with van der Waals surface area (Å²) in [6, 6.07) is 5.28. The second kappa shape index (κ2) is 9.39. The van der Waals surface area contributed by atoms with Crippen LogP contribution >= 0.6 is 0 Å². The van der Waals surface area contributed by atoms with Gasteiger partial charge in [0.15, 0.2) is 0 Å². The summed E-state index contributed by atoms with van der Waals surface area (Å²) in [4.78, 5) is 25.5. The molecule has 0 bridgehead atoms. The molecule has 1 aromatic rings. The van der Waals surface area contributed by atoms with E-state index in [9.17, 15) is 9.59 Å². The van der Waals surface area contributed by atoms with Gasteiger partial charge in [0.05, 0.1) is 18.2 Å². The van der Waals surface area contributed by atoms with Crippen LogP contribution in [0.3, 0.4) is 0 Å². The summed E-state index contributed by atoms with van der Waals surface area (Å²) in [6.07, 6.45) is 6.44. The Kier molecular flexibility index (Phi) is 6.91. The Hall–Kier alpha value is -2.12. The Bertz CT molecular complexity index is 695. The van der Waals surface area contributed by atoms with Crippen LogP contribution in [0, 0.1) is 11.3 Å². The third kappa shape index (κ3) is 4.64. The van der Waals surface area contributed by atoms with E-state index in [-0.39, 0.29) is 24.3 Å². The average Bonchev–Trinajstić information content (AvgIpc) is 2.75. The predicted molar refractivity (Wildman–Crippen MR) is 108 cm³/mol. The third-order valence-corrected chi connectivity index (χ3v) is 6.01. The lowest BCUT2D eigenvalue weighted by Crippen LogP contribution is -2.46. The molecule has 0 unspecified atom stereocenters. The first-order valence-electron chi connectivity index (χ1n) is 10.2. The van der Waals surface area contributed by atoms with E-state index in [4.69, 9.17) is 15.2 Å². The van der Waals surface area contributed by atoms with E-state index in [0.29, 0.717) is 43.2 Å². The van der Waals surface area contributed by atoms with Gasteiger partial charge in [0.1, 0.15) is 5.75 Å². The van der Waals surface area contributed by atoms with Crippen molar-refractivity contribution in [2.75, 3.05) is 37.5 Å². The van der Waals surface area contributed by atoms with Crippen LogP contribution in [0.15, 0.2) is 18.2 Å². The lowest BCUT2D eigenvalue weighted by Gasteiger charge is -2.34. The molecular weight excluding hydrogens is 358 g/mol. The van der Waals surface area contributed by atoms with E-state index in [1.54, 1.807) is 25.3 Å². The largest absolute Gasteiger partial charge is 0.495 e. The molecule has 7 heteroatoms. The smallest absolute Gasteiger partial charge is 0.232 e. The number of methoxy groups -OCH3 is 1. The van der Waals surface area contributed by atoms with Crippen molar-refractivity contribution in [3.05, 3.63) is 18.2 Å². The van der Waals surface area contributed by atoms with Crippen LogP contribution in [0.5, 0.6) is 5.75 Å². The highest BCUT2D eigenvalue weighted by atomic mass is 16.5. The molecular formula is C21H31N3O4. The SMILES string of the molecule is COc1ccc(NC(=O)C2(CN)CCOCC2)cc1NC(=O)C1CCCCC1. The maximum atomic E-state index is 12.9. The minimum absolute atomic E-state index is 0.0179. The lowest BCUT2D eigenvalue weighted by molar-refractivity contribution is -0.130. The van der Waals surface area contributed by atoms with Gasteiger partial charge in [-0.25, -0.2) is 0 Å². The fourth-order valence-electron chi connectivity index (χ4n) is 4.03. The second-order valence-electron chi connectivity index (χ2n) is 7.79. The molecule has 0 radical (unpaired) electrons. The van der Waals surface area contributed by atoms with E-state index in [0.717, 1.165) is 25.7 Å². The maximum absolute atomic E-state index is 12.9. The van der Waals surface area contributed by atoms with Gasteiger partial charge in [-0.15, -0.1) is 0 Å². The van der Waals surface area contributed by atoms with Crippen molar-refractivity contribution in [3.63, 3.8) is 0 Å². The number of rotatable bonds is 6. The van der Waals surface area contributed by atoms with Crippen molar-refractivity contribution in [2.24, 2.45) is 17.1 Å². The highest BCUT2D eigenvalue weighted by molar-refractivity contribution is 5.98. The number of hydrogen-bond donors (Lipinski definition) is 3. The predicted octanol–water partition coefficient (Wildman–Crippen LogP) is 2.91. The van der Waals surface area contributed by atoms with Gasteiger partial charge >= 0.3 is 0 Å². The Morgan fingerprint density at radius 1 is 1.18 bits per heavy atom. The number of nitrogens with two attached hydrogens (primary N) is 1. The molecule has 154 valence electrons. The zero-order valence-electron chi connectivity index (χ0n) is 16.6. The second-order valence-corrected chi connectivity index (χ2v) is 7.79. The molecule has 2 amide bonds. The van der Waals surface area contributed by atoms with Gasteiger partial charge in [-0.05, 0) is 43.9 Å². The van der Waals surface area contributed by atoms with Crippen molar-refractivity contribution >= 4 is 23.2 Å². The van der Waals surface area contributed by atoms with E-state index >= 15 is 0 Å². The number of carbonyl (C=O) groups excluding carboxylic acids is 2. The monoisotopic (exact) mass is 389 g/mol. The zero-order chi connectivity index (χ0) is 20.0. The molecule has 0 atom stereocenters.